The third kappa shape index (κ3) is 3.79. The number of halogens is 1. The average Bonchev–Trinajstić information content (AvgIpc) is 3.12. The lowest BCUT2D eigenvalue weighted by Crippen LogP contribution is -2.04. The molecule has 0 bridgehead atoms. The molecule has 0 unspecified atom stereocenters. The van der Waals surface area contributed by atoms with E-state index in [0.29, 0.717) is 11.4 Å². The van der Waals surface area contributed by atoms with Crippen molar-refractivity contribution in [1.29, 1.82) is 0 Å². The summed E-state index contributed by atoms with van der Waals surface area (Å²) in [6.07, 6.45) is 2.79. The van der Waals surface area contributed by atoms with Crippen LogP contribution in [0.2, 0.25) is 0 Å². The van der Waals surface area contributed by atoms with Crippen LogP contribution in [0.5, 0.6) is 0 Å². The highest BCUT2D eigenvalue weighted by Crippen LogP contribution is 2.31. The summed E-state index contributed by atoms with van der Waals surface area (Å²) in [5.74, 6) is 0.0482. The lowest BCUT2D eigenvalue weighted by Gasteiger charge is -2.13. The molecule has 1 aromatic heterocycles. The Kier molecular flexibility index (Phi) is 4.54. The Bertz CT molecular complexity index is 1000. The van der Waals surface area contributed by atoms with Crippen LogP contribution in [0.3, 0.4) is 0 Å². The van der Waals surface area contributed by atoms with Gasteiger partial charge in [-0.1, -0.05) is 24.3 Å². The number of nitrogens with one attached hydrogen (secondary N) is 1. The van der Waals surface area contributed by atoms with Crippen LogP contribution in [-0.4, -0.2) is 21.0 Å². The number of aromatic nitrogens is 2. The van der Waals surface area contributed by atoms with Crippen molar-refractivity contribution < 1.29 is 14.3 Å². The minimum absolute atomic E-state index is 0.00704. The van der Waals surface area contributed by atoms with E-state index in [2.05, 4.69) is 15.3 Å². The lowest BCUT2D eigenvalue weighted by molar-refractivity contribution is -0.136. The number of aryl methyl sites for hydroxylation is 1. The number of carboxylic acids is 1. The summed E-state index contributed by atoms with van der Waals surface area (Å²) in [4.78, 5) is 20.1. The van der Waals surface area contributed by atoms with E-state index in [1.54, 1.807) is 24.3 Å². The first-order valence-corrected chi connectivity index (χ1v) is 8.82. The normalized spacial score (nSPS) is 12.6. The number of fused-ring (bicyclic) bond motifs is 1. The number of benzene rings is 2. The van der Waals surface area contributed by atoms with Gasteiger partial charge in [-0.2, -0.15) is 0 Å². The first-order valence-electron chi connectivity index (χ1n) is 8.82. The van der Waals surface area contributed by atoms with E-state index in [1.165, 1.54) is 12.1 Å². The highest BCUT2D eigenvalue weighted by Gasteiger charge is 2.20. The van der Waals surface area contributed by atoms with Crippen LogP contribution in [0.15, 0.2) is 48.5 Å². The summed E-state index contributed by atoms with van der Waals surface area (Å²) in [5.41, 5.74) is 4.28. The quantitative estimate of drug-likeness (QED) is 0.712. The third-order valence-corrected chi connectivity index (χ3v) is 4.59. The molecule has 3 aromatic rings. The summed E-state index contributed by atoms with van der Waals surface area (Å²) in [6, 6.07) is 13.5. The Balaban J connectivity index is 1.67. The van der Waals surface area contributed by atoms with Crippen LogP contribution in [0.4, 0.5) is 15.9 Å². The molecule has 1 heterocycles. The van der Waals surface area contributed by atoms with Gasteiger partial charge in [-0.3, -0.25) is 4.79 Å². The van der Waals surface area contributed by atoms with Gasteiger partial charge in [0.05, 0.1) is 6.42 Å². The highest BCUT2D eigenvalue weighted by molar-refractivity contribution is 5.71. The number of rotatable bonds is 5. The van der Waals surface area contributed by atoms with Gasteiger partial charge >= 0.3 is 5.97 Å². The van der Waals surface area contributed by atoms with Crippen LogP contribution in [0.1, 0.15) is 23.2 Å². The molecule has 0 radical (unpaired) electrons. The van der Waals surface area contributed by atoms with Gasteiger partial charge in [0.2, 0.25) is 0 Å². The van der Waals surface area contributed by atoms with E-state index >= 15 is 0 Å². The number of hydrogen-bond donors (Lipinski definition) is 2. The maximum Gasteiger partial charge on any atom is 0.307 e. The van der Waals surface area contributed by atoms with E-state index < -0.39 is 5.97 Å². The second kappa shape index (κ2) is 7.15. The fraction of sp³-hybridized carbons (Fsp3) is 0.190. The van der Waals surface area contributed by atoms with Gasteiger partial charge in [-0.15, -0.1) is 0 Å². The zero-order chi connectivity index (χ0) is 18.8. The standard InChI is InChI=1S/C21H18FN3O2/c22-15-4-1-3-14(12-15)20-24-18-6-2-5-17(18)21(25-20)23-16-9-7-13(8-10-16)11-19(26)27/h1,3-4,7-10,12H,2,5-6,11H2,(H,26,27)(H,23,24,25). The van der Waals surface area contributed by atoms with Crippen molar-refractivity contribution in [2.45, 2.75) is 25.7 Å². The van der Waals surface area contributed by atoms with E-state index in [0.717, 1.165) is 47.6 Å². The maximum absolute atomic E-state index is 13.6. The molecule has 2 aromatic carbocycles. The molecule has 0 spiro atoms. The van der Waals surface area contributed by atoms with Crippen LogP contribution < -0.4 is 5.32 Å². The topological polar surface area (TPSA) is 75.1 Å². The third-order valence-electron chi connectivity index (χ3n) is 4.59. The minimum atomic E-state index is -0.857. The molecule has 136 valence electrons. The van der Waals surface area contributed by atoms with E-state index in [1.807, 2.05) is 12.1 Å². The first kappa shape index (κ1) is 17.1. The summed E-state index contributed by atoms with van der Waals surface area (Å²) >= 11 is 0. The van der Waals surface area contributed by atoms with Crippen molar-refractivity contribution in [2.24, 2.45) is 0 Å². The molecular weight excluding hydrogens is 345 g/mol. The smallest absolute Gasteiger partial charge is 0.307 e. The van der Waals surface area contributed by atoms with Gasteiger partial charge in [0.25, 0.3) is 0 Å². The minimum Gasteiger partial charge on any atom is -0.481 e. The summed E-state index contributed by atoms with van der Waals surface area (Å²) in [6.45, 7) is 0. The number of carbonyl (C=O) groups is 1. The van der Waals surface area contributed by atoms with Gasteiger partial charge in [0, 0.05) is 22.5 Å². The molecule has 4 rings (SSSR count). The molecule has 0 saturated heterocycles. The molecule has 6 heteroatoms. The Morgan fingerprint density at radius 2 is 1.93 bits per heavy atom. The van der Waals surface area contributed by atoms with E-state index in [-0.39, 0.29) is 12.2 Å². The molecule has 27 heavy (non-hydrogen) atoms. The van der Waals surface area contributed by atoms with Gasteiger partial charge in [-0.05, 0) is 49.1 Å². The molecule has 0 fully saturated rings. The van der Waals surface area contributed by atoms with Gasteiger partial charge in [0.15, 0.2) is 5.82 Å². The Hall–Kier alpha value is -3.28. The van der Waals surface area contributed by atoms with Gasteiger partial charge < -0.3 is 10.4 Å². The second-order valence-electron chi connectivity index (χ2n) is 6.58. The number of carboxylic acid groups (broad SMARTS) is 1. The molecule has 0 atom stereocenters. The zero-order valence-electron chi connectivity index (χ0n) is 14.6. The first-order chi connectivity index (χ1) is 13.1. The van der Waals surface area contributed by atoms with Crippen molar-refractivity contribution >= 4 is 17.5 Å². The second-order valence-corrected chi connectivity index (χ2v) is 6.58. The zero-order valence-corrected chi connectivity index (χ0v) is 14.6. The average molecular weight is 363 g/mol. The Morgan fingerprint density at radius 1 is 1.11 bits per heavy atom. The molecule has 5 nitrogen and oxygen atoms in total. The molecule has 1 aliphatic rings. The van der Waals surface area contributed by atoms with Crippen molar-refractivity contribution in [3.63, 3.8) is 0 Å². The Labute approximate surface area is 155 Å². The summed E-state index contributed by atoms with van der Waals surface area (Å²) in [5, 5.41) is 12.2. The largest absolute Gasteiger partial charge is 0.481 e. The van der Waals surface area contributed by atoms with Gasteiger partial charge in [-0.25, -0.2) is 14.4 Å². The number of hydrogen-bond acceptors (Lipinski definition) is 4. The molecule has 1 aliphatic carbocycles. The summed E-state index contributed by atoms with van der Waals surface area (Å²) < 4.78 is 13.6. The molecular formula is C21H18FN3O2. The fourth-order valence-electron chi connectivity index (χ4n) is 3.31. The SMILES string of the molecule is O=C(O)Cc1ccc(Nc2nc(-c3cccc(F)c3)nc3c2CCC3)cc1. The van der Waals surface area contributed by atoms with Gasteiger partial charge in [0.1, 0.15) is 11.6 Å². The van der Waals surface area contributed by atoms with Crippen LogP contribution in [-0.2, 0) is 24.1 Å². The molecule has 0 saturated carbocycles. The predicted octanol–water partition coefficient (Wildman–Crippen LogP) is 4.14. The number of anilines is 2. The summed E-state index contributed by atoms with van der Waals surface area (Å²) in [7, 11) is 0. The Morgan fingerprint density at radius 3 is 2.67 bits per heavy atom. The van der Waals surface area contributed by atoms with Crippen molar-refractivity contribution in [1.82, 2.24) is 9.97 Å². The van der Waals surface area contributed by atoms with Crippen molar-refractivity contribution in [2.75, 3.05) is 5.32 Å². The number of aliphatic carboxylic acids is 1. The fourth-order valence-corrected chi connectivity index (χ4v) is 3.31. The van der Waals surface area contributed by atoms with E-state index in [4.69, 9.17) is 5.11 Å². The predicted molar refractivity (Wildman–Crippen MR) is 101 cm³/mol. The monoisotopic (exact) mass is 363 g/mol. The molecule has 0 aliphatic heterocycles. The van der Waals surface area contributed by atoms with Crippen LogP contribution in [0.25, 0.3) is 11.4 Å². The van der Waals surface area contributed by atoms with Crippen LogP contribution in [0, 0.1) is 5.82 Å². The van der Waals surface area contributed by atoms with Crippen molar-refractivity contribution in [3.8, 4) is 11.4 Å². The molecule has 0 amide bonds. The lowest BCUT2D eigenvalue weighted by atomic mass is 10.1. The van der Waals surface area contributed by atoms with Crippen molar-refractivity contribution in [3.05, 3.63) is 71.2 Å². The molecule has 2 N–H and O–H groups in total. The van der Waals surface area contributed by atoms with Crippen LogP contribution >= 0.6 is 0 Å². The van der Waals surface area contributed by atoms with E-state index in [9.17, 15) is 9.18 Å². The number of nitrogens with zero attached hydrogens (tertiary/aromatic N) is 2. The maximum atomic E-state index is 13.6. The highest BCUT2D eigenvalue weighted by atomic mass is 19.1.